The maximum absolute atomic E-state index is 12.6. The second-order valence-corrected chi connectivity index (χ2v) is 5.94. The maximum atomic E-state index is 12.6. The molecular weight excluding hydrogens is 372 g/mol. The largest absolute Gasteiger partial charge is 0.493 e. The van der Waals surface area contributed by atoms with Crippen LogP contribution in [0.5, 0.6) is 11.5 Å². The molecule has 2 aromatic carbocycles. The average molecular weight is 389 g/mol. The van der Waals surface area contributed by atoms with Crippen LogP contribution in [0.1, 0.15) is 5.56 Å². The number of carbonyl (C=O) groups excluding carboxylic acids is 1. The number of carbonyl (C=O) groups is 1. The third-order valence-corrected chi connectivity index (χ3v) is 4.03. The summed E-state index contributed by atoms with van der Waals surface area (Å²) in [6.07, 6.45) is 1.30. The summed E-state index contributed by atoms with van der Waals surface area (Å²) in [4.78, 5) is 29.1. The lowest BCUT2D eigenvalue weighted by Gasteiger charge is -2.13. The topological polar surface area (TPSA) is 82.5 Å². The zero-order valence-electron chi connectivity index (χ0n) is 15.1. The van der Waals surface area contributed by atoms with Gasteiger partial charge in [0.05, 0.1) is 24.3 Å². The first kappa shape index (κ1) is 19.3. The molecule has 3 rings (SSSR count). The van der Waals surface area contributed by atoms with Gasteiger partial charge in [-0.05, 0) is 30.7 Å². The summed E-state index contributed by atoms with van der Waals surface area (Å²) in [5.41, 5.74) is 1.31. The SMILES string of the molecule is COc1ccc(NC(=O)Cn2cnc3c(C)cccc3c2=O)cc1OC(F)F. The van der Waals surface area contributed by atoms with Gasteiger partial charge in [0.15, 0.2) is 11.5 Å². The lowest BCUT2D eigenvalue weighted by Crippen LogP contribution is -2.28. The Labute approximate surface area is 158 Å². The predicted molar refractivity (Wildman–Crippen MR) is 99.0 cm³/mol. The molecule has 0 aliphatic rings. The van der Waals surface area contributed by atoms with Crippen molar-refractivity contribution in [3.63, 3.8) is 0 Å². The molecule has 0 radical (unpaired) electrons. The fourth-order valence-corrected chi connectivity index (χ4v) is 2.75. The monoisotopic (exact) mass is 389 g/mol. The summed E-state index contributed by atoms with van der Waals surface area (Å²) < 4.78 is 35.5. The van der Waals surface area contributed by atoms with Gasteiger partial charge in [0.1, 0.15) is 6.54 Å². The summed E-state index contributed by atoms with van der Waals surface area (Å²) >= 11 is 0. The van der Waals surface area contributed by atoms with E-state index in [4.69, 9.17) is 4.74 Å². The number of anilines is 1. The normalized spacial score (nSPS) is 10.9. The van der Waals surface area contributed by atoms with Crippen molar-refractivity contribution in [2.75, 3.05) is 12.4 Å². The Balaban J connectivity index is 1.80. The first-order valence-corrected chi connectivity index (χ1v) is 8.26. The van der Waals surface area contributed by atoms with Crippen LogP contribution < -0.4 is 20.3 Å². The number of nitrogens with one attached hydrogen (secondary N) is 1. The Bertz CT molecular complexity index is 1080. The number of benzene rings is 2. The molecule has 0 bridgehead atoms. The molecule has 1 aromatic heterocycles. The van der Waals surface area contributed by atoms with Crippen molar-refractivity contribution >= 4 is 22.5 Å². The van der Waals surface area contributed by atoms with Crippen molar-refractivity contribution in [3.05, 3.63) is 58.6 Å². The quantitative estimate of drug-likeness (QED) is 0.701. The number of alkyl halides is 2. The number of ether oxygens (including phenoxy) is 2. The van der Waals surface area contributed by atoms with E-state index in [0.717, 1.165) is 5.56 Å². The van der Waals surface area contributed by atoms with E-state index in [2.05, 4.69) is 15.0 Å². The zero-order chi connectivity index (χ0) is 20.3. The molecule has 0 saturated carbocycles. The Morgan fingerprint density at radius 3 is 2.75 bits per heavy atom. The van der Waals surface area contributed by atoms with Gasteiger partial charge in [-0.1, -0.05) is 12.1 Å². The summed E-state index contributed by atoms with van der Waals surface area (Å²) in [5.74, 6) is -0.636. The second kappa shape index (κ2) is 8.03. The first-order chi connectivity index (χ1) is 13.4. The van der Waals surface area contributed by atoms with Gasteiger partial charge >= 0.3 is 6.61 Å². The number of amides is 1. The van der Waals surface area contributed by atoms with Gasteiger partial charge in [-0.2, -0.15) is 8.78 Å². The van der Waals surface area contributed by atoms with Gasteiger partial charge in [-0.25, -0.2) is 4.98 Å². The van der Waals surface area contributed by atoms with Crippen molar-refractivity contribution in [3.8, 4) is 11.5 Å². The highest BCUT2D eigenvalue weighted by molar-refractivity contribution is 5.91. The molecule has 0 spiro atoms. The summed E-state index contributed by atoms with van der Waals surface area (Å²) in [6, 6.07) is 9.30. The number of fused-ring (bicyclic) bond motifs is 1. The summed E-state index contributed by atoms with van der Waals surface area (Å²) in [7, 11) is 1.31. The van der Waals surface area contributed by atoms with Crippen LogP contribution in [-0.4, -0.2) is 29.2 Å². The van der Waals surface area contributed by atoms with Crippen LogP contribution >= 0.6 is 0 Å². The molecule has 3 aromatic rings. The van der Waals surface area contributed by atoms with Gasteiger partial charge in [-0.15, -0.1) is 0 Å². The molecule has 1 heterocycles. The van der Waals surface area contributed by atoms with E-state index in [1.165, 1.54) is 36.2 Å². The fourth-order valence-electron chi connectivity index (χ4n) is 2.75. The van der Waals surface area contributed by atoms with Crippen molar-refractivity contribution < 1.29 is 23.0 Å². The highest BCUT2D eigenvalue weighted by atomic mass is 19.3. The number of methoxy groups -OCH3 is 1. The number of hydrogen-bond donors (Lipinski definition) is 1. The third-order valence-electron chi connectivity index (χ3n) is 4.03. The van der Waals surface area contributed by atoms with E-state index in [1.807, 2.05) is 13.0 Å². The highest BCUT2D eigenvalue weighted by Crippen LogP contribution is 2.31. The minimum Gasteiger partial charge on any atom is -0.493 e. The predicted octanol–water partition coefficient (Wildman–Crippen LogP) is 2.95. The zero-order valence-corrected chi connectivity index (χ0v) is 15.1. The highest BCUT2D eigenvalue weighted by Gasteiger charge is 2.14. The maximum Gasteiger partial charge on any atom is 0.387 e. The molecule has 0 saturated heterocycles. The molecule has 0 aliphatic carbocycles. The Morgan fingerprint density at radius 1 is 1.25 bits per heavy atom. The lowest BCUT2D eigenvalue weighted by atomic mass is 10.1. The van der Waals surface area contributed by atoms with E-state index in [9.17, 15) is 18.4 Å². The smallest absolute Gasteiger partial charge is 0.387 e. The van der Waals surface area contributed by atoms with Crippen molar-refractivity contribution in [1.82, 2.24) is 9.55 Å². The molecule has 0 aliphatic heterocycles. The molecule has 146 valence electrons. The lowest BCUT2D eigenvalue weighted by molar-refractivity contribution is -0.116. The van der Waals surface area contributed by atoms with Gasteiger partial charge < -0.3 is 14.8 Å². The molecule has 0 unspecified atom stereocenters. The minimum absolute atomic E-state index is 0.101. The fraction of sp³-hybridized carbons (Fsp3) is 0.211. The number of aromatic nitrogens is 2. The molecule has 1 N–H and O–H groups in total. The van der Waals surface area contributed by atoms with E-state index in [-0.39, 0.29) is 29.3 Å². The molecule has 0 fully saturated rings. The number of halogens is 2. The molecule has 7 nitrogen and oxygen atoms in total. The number of para-hydroxylation sites is 1. The van der Waals surface area contributed by atoms with E-state index >= 15 is 0 Å². The first-order valence-electron chi connectivity index (χ1n) is 8.26. The number of hydrogen-bond acceptors (Lipinski definition) is 5. The van der Waals surface area contributed by atoms with Crippen molar-refractivity contribution in [2.45, 2.75) is 20.1 Å². The van der Waals surface area contributed by atoms with E-state index in [0.29, 0.717) is 10.9 Å². The molecular formula is C19H17F2N3O4. The van der Waals surface area contributed by atoms with E-state index in [1.54, 1.807) is 12.1 Å². The molecule has 28 heavy (non-hydrogen) atoms. The van der Waals surface area contributed by atoms with E-state index < -0.39 is 12.5 Å². The Kier molecular flexibility index (Phi) is 5.53. The number of aryl methyl sites for hydroxylation is 1. The number of nitrogens with zero attached hydrogens (tertiary/aromatic N) is 2. The van der Waals surface area contributed by atoms with Gasteiger partial charge in [0.25, 0.3) is 5.56 Å². The van der Waals surface area contributed by atoms with Crippen LogP contribution in [0.2, 0.25) is 0 Å². The third kappa shape index (κ3) is 4.08. The van der Waals surface area contributed by atoms with Crippen LogP contribution in [0.4, 0.5) is 14.5 Å². The van der Waals surface area contributed by atoms with Crippen molar-refractivity contribution in [1.29, 1.82) is 0 Å². The van der Waals surface area contributed by atoms with Gasteiger partial charge in [0.2, 0.25) is 5.91 Å². The Hall–Kier alpha value is -3.49. The summed E-state index contributed by atoms with van der Waals surface area (Å²) in [5, 5.41) is 2.94. The van der Waals surface area contributed by atoms with Crippen LogP contribution in [0.3, 0.4) is 0 Å². The second-order valence-electron chi connectivity index (χ2n) is 5.94. The van der Waals surface area contributed by atoms with Crippen LogP contribution in [0, 0.1) is 6.92 Å². The van der Waals surface area contributed by atoms with Crippen LogP contribution in [-0.2, 0) is 11.3 Å². The Morgan fingerprint density at radius 2 is 2.04 bits per heavy atom. The van der Waals surface area contributed by atoms with Crippen LogP contribution in [0.25, 0.3) is 10.9 Å². The molecule has 9 heteroatoms. The number of rotatable bonds is 6. The standard InChI is InChI=1S/C19H17F2N3O4/c1-11-4-3-5-13-17(11)22-10-24(18(13)26)9-16(25)23-12-6-7-14(27-2)15(8-12)28-19(20)21/h3-8,10,19H,9H2,1-2H3,(H,23,25). The van der Waals surface area contributed by atoms with Crippen molar-refractivity contribution in [2.24, 2.45) is 0 Å². The minimum atomic E-state index is -3.04. The summed E-state index contributed by atoms with van der Waals surface area (Å²) in [6.45, 7) is -1.48. The average Bonchev–Trinajstić information content (AvgIpc) is 2.64. The van der Waals surface area contributed by atoms with Gasteiger partial charge in [0, 0.05) is 11.8 Å². The molecule has 0 atom stereocenters. The van der Waals surface area contributed by atoms with Gasteiger partial charge in [-0.3, -0.25) is 14.2 Å². The van der Waals surface area contributed by atoms with Crippen LogP contribution in [0.15, 0.2) is 47.5 Å². The molecule has 1 amide bonds.